The van der Waals surface area contributed by atoms with E-state index in [4.69, 9.17) is 5.73 Å². The van der Waals surface area contributed by atoms with Crippen molar-refractivity contribution in [3.63, 3.8) is 0 Å². The molecule has 0 aliphatic carbocycles. The Bertz CT molecular complexity index is 981. The highest BCUT2D eigenvalue weighted by molar-refractivity contribution is 5.88. The molecule has 31 heavy (non-hydrogen) atoms. The third-order valence-electron chi connectivity index (χ3n) is 4.92. The first-order valence-corrected chi connectivity index (χ1v) is 9.60. The number of primary amides is 1. The summed E-state index contributed by atoms with van der Waals surface area (Å²) in [5.41, 5.74) is 6.84. The fourth-order valence-electron chi connectivity index (χ4n) is 3.44. The van der Waals surface area contributed by atoms with Gasteiger partial charge in [-0.25, -0.2) is 0 Å². The lowest BCUT2D eigenvalue weighted by atomic mass is 9.84. The third kappa shape index (κ3) is 5.72. The number of nitrogens with two attached hydrogens (primary N) is 1. The van der Waals surface area contributed by atoms with Crippen LogP contribution in [0.5, 0.6) is 0 Å². The number of carbonyl (C=O) groups is 2. The van der Waals surface area contributed by atoms with Crippen molar-refractivity contribution in [1.82, 2.24) is 5.32 Å². The predicted octanol–water partition coefficient (Wildman–Crippen LogP) is 4.05. The van der Waals surface area contributed by atoms with Crippen molar-refractivity contribution in [2.24, 2.45) is 5.73 Å². The van der Waals surface area contributed by atoms with Crippen molar-refractivity contribution in [2.45, 2.75) is 24.6 Å². The van der Waals surface area contributed by atoms with Crippen molar-refractivity contribution in [1.29, 1.82) is 0 Å². The van der Waals surface area contributed by atoms with Gasteiger partial charge in [-0.3, -0.25) is 9.59 Å². The van der Waals surface area contributed by atoms with Crippen molar-refractivity contribution >= 4 is 11.8 Å². The molecule has 0 saturated heterocycles. The predicted molar refractivity (Wildman–Crippen MR) is 111 cm³/mol. The summed E-state index contributed by atoms with van der Waals surface area (Å²) in [6, 6.07) is 21.7. The maximum atomic E-state index is 12.7. The molecule has 7 heteroatoms. The second kappa shape index (κ2) is 9.47. The van der Waals surface area contributed by atoms with E-state index < -0.39 is 35.5 Å². The number of benzene rings is 3. The fourth-order valence-corrected chi connectivity index (χ4v) is 3.44. The second-order valence-electron chi connectivity index (χ2n) is 7.12. The van der Waals surface area contributed by atoms with E-state index in [0.717, 1.165) is 23.3 Å². The molecule has 0 aliphatic heterocycles. The molecule has 0 heterocycles. The lowest BCUT2D eigenvalue weighted by Gasteiger charge is -2.27. The fraction of sp³-hybridized carbons (Fsp3) is 0.167. The summed E-state index contributed by atoms with van der Waals surface area (Å²) in [6.45, 7) is 0. The van der Waals surface area contributed by atoms with Crippen LogP contribution in [0, 0.1) is 0 Å². The quantitative estimate of drug-likeness (QED) is 0.598. The van der Waals surface area contributed by atoms with Crippen molar-refractivity contribution < 1.29 is 22.8 Å². The summed E-state index contributed by atoms with van der Waals surface area (Å²) in [6.07, 6.45) is -4.63. The van der Waals surface area contributed by atoms with E-state index >= 15 is 0 Å². The van der Waals surface area contributed by atoms with Crippen LogP contribution in [0.15, 0.2) is 84.9 Å². The molecule has 0 spiro atoms. The molecular weight excluding hydrogens is 405 g/mol. The third-order valence-corrected chi connectivity index (χ3v) is 4.92. The van der Waals surface area contributed by atoms with Gasteiger partial charge in [-0.05, 0) is 28.8 Å². The largest absolute Gasteiger partial charge is 0.416 e. The average Bonchev–Trinajstić information content (AvgIpc) is 2.74. The van der Waals surface area contributed by atoms with Gasteiger partial charge in [0.05, 0.1) is 12.0 Å². The first-order chi connectivity index (χ1) is 14.8. The van der Waals surface area contributed by atoms with Gasteiger partial charge in [0.2, 0.25) is 11.8 Å². The molecule has 0 aromatic heterocycles. The standard InChI is InChI=1S/C24H21F3N2O2/c25-24(26,27)19-13-11-16(12-14-19)15-20(30)29-22(23(28)31)21(17-7-3-1-4-8-17)18-9-5-2-6-10-18/h1-14,21-22H,15H2,(H2,28,31)(H,29,30)/t22-/m0/s1. The molecule has 2 amide bonds. The van der Waals surface area contributed by atoms with E-state index in [1.54, 1.807) is 0 Å². The minimum atomic E-state index is -4.45. The first-order valence-electron chi connectivity index (χ1n) is 9.60. The molecule has 1 atom stereocenters. The molecule has 4 nitrogen and oxygen atoms in total. The topological polar surface area (TPSA) is 72.2 Å². The first kappa shape index (κ1) is 22.1. The summed E-state index contributed by atoms with van der Waals surface area (Å²) in [5, 5.41) is 2.67. The Morgan fingerprint density at radius 2 is 1.29 bits per heavy atom. The normalized spacial score (nSPS) is 12.4. The minimum absolute atomic E-state index is 0.182. The summed E-state index contributed by atoms with van der Waals surface area (Å²) < 4.78 is 38.2. The summed E-state index contributed by atoms with van der Waals surface area (Å²) in [4.78, 5) is 24.9. The van der Waals surface area contributed by atoms with Crippen LogP contribution in [0.2, 0.25) is 0 Å². The van der Waals surface area contributed by atoms with Crippen molar-refractivity contribution in [3.05, 3.63) is 107 Å². The smallest absolute Gasteiger partial charge is 0.368 e. The molecule has 3 rings (SSSR count). The number of amides is 2. The molecule has 0 bridgehead atoms. The van der Waals surface area contributed by atoms with Gasteiger partial charge in [0, 0.05) is 5.92 Å². The van der Waals surface area contributed by atoms with Gasteiger partial charge in [0.15, 0.2) is 0 Å². The number of alkyl halides is 3. The molecule has 3 aromatic carbocycles. The summed E-state index contributed by atoms with van der Waals surface area (Å²) in [7, 11) is 0. The van der Waals surface area contributed by atoms with E-state index in [1.807, 2.05) is 60.7 Å². The van der Waals surface area contributed by atoms with Gasteiger partial charge in [-0.1, -0.05) is 72.8 Å². The van der Waals surface area contributed by atoms with Crippen molar-refractivity contribution in [2.75, 3.05) is 0 Å². The van der Waals surface area contributed by atoms with E-state index in [-0.39, 0.29) is 6.42 Å². The van der Waals surface area contributed by atoms with Crippen LogP contribution in [0.4, 0.5) is 13.2 Å². The summed E-state index contributed by atoms with van der Waals surface area (Å²) in [5.74, 6) is -1.74. The Morgan fingerprint density at radius 3 is 1.71 bits per heavy atom. The molecular formula is C24H21F3N2O2. The maximum Gasteiger partial charge on any atom is 0.416 e. The number of carbonyl (C=O) groups excluding carboxylic acids is 2. The second-order valence-corrected chi connectivity index (χ2v) is 7.12. The van der Waals surface area contributed by atoms with Crippen LogP contribution in [-0.4, -0.2) is 17.9 Å². The van der Waals surface area contributed by atoms with E-state index in [1.165, 1.54) is 12.1 Å². The van der Waals surface area contributed by atoms with Gasteiger partial charge in [0.1, 0.15) is 6.04 Å². The Balaban J connectivity index is 1.83. The number of hydrogen-bond acceptors (Lipinski definition) is 2. The van der Waals surface area contributed by atoms with Gasteiger partial charge in [-0.15, -0.1) is 0 Å². The van der Waals surface area contributed by atoms with E-state index in [0.29, 0.717) is 5.56 Å². The van der Waals surface area contributed by atoms with Gasteiger partial charge < -0.3 is 11.1 Å². The van der Waals surface area contributed by atoms with Gasteiger partial charge in [0.25, 0.3) is 0 Å². The van der Waals surface area contributed by atoms with Crippen LogP contribution in [0.25, 0.3) is 0 Å². The Kier molecular flexibility index (Phi) is 6.74. The van der Waals surface area contributed by atoms with Crippen molar-refractivity contribution in [3.8, 4) is 0 Å². The molecule has 0 fully saturated rings. The molecule has 0 radical (unpaired) electrons. The van der Waals surface area contributed by atoms with Crippen LogP contribution < -0.4 is 11.1 Å². The molecule has 160 valence electrons. The van der Waals surface area contributed by atoms with Crippen LogP contribution >= 0.6 is 0 Å². The molecule has 0 aliphatic rings. The maximum absolute atomic E-state index is 12.7. The van der Waals surface area contributed by atoms with Crippen LogP contribution in [0.1, 0.15) is 28.2 Å². The molecule has 3 N–H and O–H groups in total. The highest BCUT2D eigenvalue weighted by Gasteiger charge is 2.32. The van der Waals surface area contributed by atoms with Crippen LogP contribution in [0.3, 0.4) is 0 Å². The van der Waals surface area contributed by atoms with E-state index in [9.17, 15) is 22.8 Å². The SMILES string of the molecule is NC(=O)[C@@H](NC(=O)Cc1ccc(C(F)(F)F)cc1)C(c1ccccc1)c1ccccc1. The zero-order chi connectivity index (χ0) is 22.4. The molecule has 0 saturated carbocycles. The monoisotopic (exact) mass is 426 g/mol. The zero-order valence-electron chi connectivity index (χ0n) is 16.5. The van der Waals surface area contributed by atoms with Gasteiger partial charge >= 0.3 is 6.18 Å². The highest BCUT2D eigenvalue weighted by Crippen LogP contribution is 2.30. The number of halogens is 3. The van der Waals surface area contributed by atoms with Crippen LogP contribution in [-0.2, 0) is 22.2 Å². The lowest BCUT2D eigenvalue weighted by Crippen LogP contribution is -2.49. The number of hydrogen-bond donors (Lipinski definition) is 2. The Hall–Kier alpha value is -3.61. The van der Waals surface area contributed by atoms with Gasteiger partial charge in [-0.2, -0.15) is 13.2 Å². The van der Waals surface area contributed by atoms with E-state index in [2.05, 4.69) is 5.32 Å². The zero-order valence-corrected chi connectivity index (χ0v) is 16.5. The molecule has 3 aromatic rings. The molecule has 0 unspecified atom stereocenters. The minimum Gasteiger partial charge on any atom is -0.368 e. The number of nitrogens with one attached hydrogen (secondary N) is 1. The highest BCUT2D eigenvalue weighted by atomic mass is 19.4. The number of rotatable bonds is 7. The lowest BCUT2D eigenvalue weighted by molar-refractivity contribution is -0.137. The Labute approximate surface area is 177 Å². The summed E-state index contributed by atoms with van der Waals surface area (Å²) >= 11 is 0. The Morgan fingerprint density at radius 1 is 0.806 bits per heavy atom. The average molecular weight is 426 g/mol.